The lowest BCUT2D eigenvalue weighted by Gasteiger charge is -2.23. The average Bonchev–Trinajstić information content (AvgIpc) is 3.01. The second-order valence-electron chi connectivity index (χ2n) is 7.45. The zero-order valence-corrected chi connectivity index (χ0v) is 17.5. The molecule has 0 spiro atoms. The van der Waals surface area contributed by atoms with Crippen molar-refractivity contribution in [3.05, 3.63) is 83.9 Å². The Morgan fingerprint density at radius 3 is 2.38 bits per heavy atom. The van der Waals surface area contributed by atoms with E-state index in [1.165, 1.54) is 17.0 Å². The first kappa shape index (κ1) is 21.4. The van der Waals surface area contributed by atoms with E-state index < -0.39 is 23.7 Å². The van der Waals surface area contributed by atoms with Crippen LogP contribution in [-0.2, 0) is 10.4 Å². The minimum atomic E-state index is -2.03. The second-order valence-corrected chi connectivity index (χ2v) is 7.45. The number of anilines is 1. The van der Waals surface area contributed by atoms with Crippen LogP contribution in [-0.4, -0.2) is 42.2 Å². The number of rotatable bonds is 8. The number of phenols is 1. The van der Waals surface area contributed by atoms with E-state index in [0.29, 0.717) is 22.7 Å². The fourth-order valence-corrected chi connectivity index (χ4v) is 3.92. The van der Waals surface area contributed by atoms with Gasteiger partial charge >= 0.3 is 0 Å². The molecule has 1 aliphatic heterocycles. The van der Waals surface area contributed by atoms with Crippen molar-refractivity contribution in [1.29, 1.82) is 0 Å². The molecule has 0 fully saturated rings. The molecule has 7 nitrogen and oxygen atoms in total. The summed E-state index contributed by atoms with van der Waals surface area (Å²) in [5, 5.41) is 21.3. The number of hydrogen-bond donors (Lipinski definition) is 2. The van der Waals surface area contributed by atoms with E-state index in [9.17, 15) is 19.8 Å². The quantitative estimate of drug-likeness (QED) is 0.530. The lowest BCUT2D eigenvalue weighted by Crippen LogP contribution is -2.43. The van der Waals surface area contributed by atoms with Crippen LogP contribution >= 0.6 is 0 Å². The third kappa shape index (κ3) is 3.78. The summed E-state index contributed by atoms with van der Waals surface area (Å²) in [6.07, 6.45) is -0.482. The third-order valence-electron chi connectivity index (χ3n) is 5.50. The number of Topliss-reactive ketones (excluding diaryl/α,β-unsaturated/α-hetero) is 1. The summed E-state index contributed by atoms with van der Waals surface area (Å²) in [6, 6.07) is 20.1. The van der Waals surface area contributed by atoms with Crippen LogP contribution in [0.3, 0.4) is 0 Å². The molecule has 1 unspecified atom stereocenters. The lowest BCUT2D eigenvalue weighted by atomic mass is 9.88. The van der Waals surface area contributed by atoms with E-state index in [4.69, 9.17) is 9.47 Å². The molecule has 0 bridgehead atoms. The second kappa shape index (κ2) is 8.72. The molecular formula is C25H23NO6. The maximum Gasteiger partial charge on any atom is 0.264 e. The molecule has 7 heteroatoms. The molecule has 0 aromatic heterocycles. The number of benzene rings is 3. The lowest BCUT2D eigenvalue weighted by molar-refractivity contribution is -0.135. The van der Waals surface area contributed by atoms with Gasteiger partial charge in [0.05, 0.1) is 31.3 Å². The monoisotopic (exact) mass is 433 g/mol. The number of phenolic OH excluding ortho intramolecular Hbond substituents is 1. The number of carbonyl (C=O) groups is 2. The number of para-hydroxylation sites is 4. The molecule has 0 saturated heterocycles. The fraction of sp³-hybridized carbons (Fsp3) is 0.200. The number of ether oxygens (including phenoxy) is 2. The van der Waals surface area contributed by atoms with Crippen LogP contribution in [0.4, 0.5) is 5.69 Å². The molecule has 1 amide bonds. The maximum absolute atomic E-state index is 13.3. The van der Waals surface area contributed by atoms with E-state index in [1.807, 2.05) is 12.1 Å². The van der Waals surface area contributed by atoms with Crippen molar-refractivity contribution in [2.75, 3.05) is 25.2 Å². The number of ketones is 1. The number of nitrogens with zero attached hydrogens (tertiary/aromatic N) is 1. The Morgan fingerprint density at radius 1 is 0.969 bits per heavy atom. The first-order chi connectivity index (χ1) is 15.5. The third-order valence-corrected chi connectivity index (χ3v) is 5.50. The van der Waals surface area contributed by atoms with Crippen molar-refractivity contribution in [3.8, 4) is 17.2 Å². The van der Waals surface area contributed by atoms with Crippen LogP contribution in [0.25, 0.3) is 0 Å². The number of fused-ring (bicyclic) bond motifs is 1. The molecular weight excluding hydrogens is 410 g/mol. The highest BCUT2D eigenvalue weighted by Crippen LogP contribution is 2.43. The van der Waals surface area contributed by atoms with Gasteiger partial charge < -0.3 is 24.6 Å². The van der Waals surface area contributed by atoms with E-state index >= 15 is 0 Å². The summed E-state index contributed by atoms with van der Waals surface area (Å²) in [5.41, 5.74) is -1.09. The van der Waals surface area contributed by atoms with Crippen LogP contribution in [0.1, 0.15) is 22.3 Å². The fourth-order valence-electron chi connectivity index (χ4n) is 3.92. The Morgan fingerprint density at radius 2 is 1.62 bits per heavy atom. The number of carbonyl (C=O) groups excluding carboxylic acids is 2. The van der Waals surface area contributed by atoms with Crippen LogP contribution in [0.5, 0.6) is 17.2 Å². The number of aromatic hydroxyl groups is 1. The Hall–Kier alpha value is -3.84. The van der Waals surface area contributed by atoms with Crippen LogP contribution in [0.2, 0.25) is 0 Å². The van der Waals surface area contributed by atoms with Gasteiger partial charge in [-0.1, -0.05) is 42.5 Å². The Kier molecular flexibility index (Phi) is 5.83. The molecule has 1 aliphatic rings. The smallest absolute Gasteiger partial charge is 0.264 e. The SMILES string of the molecule is COc1ccccc1OCCN1C(=O)C(O)(CC(=O)c2ccccc2O)c2ccccc21. The van der Waals surface area contributed by atoms with Gasteiger partial charge in [0, 0.05) is 5.56 Å². The van der Waals surface area contributed by atoms with Crippen molar-refractivity contribution in [2.45, 2.75) is 12.0 Å². The average molecular weight is 433 g/mol. The van der Waals surface area contributed by atoms with Gasteiger partial charge in [-0.05, 0) is 30.3 Å². The van der Waals surface area contributed by atoms with Crippen molar-refractivity contribution in [2.24, 2.45) is 0 Å². The summed E-state index contributed by atoms with van der Waals surface area (Å²) in [6.45, 7) is 0.324. The van der Waals surface area contributed by atoms with Crippen molar-refractivity contribution in [1.82, 2.24) is 0 Å². The largest absolute Gasteiger partial charge is 0.507 e. The van der Waals surface area contributed by atoms with Gasteiger partial charge in [0.25, 0.3) is 5.91 Å². The number of methoxy groups -OCH3 is 1. The summed E-state index contributed by atoms with van der Waals surface area (Å²) < 4.78 is 11.1. The molecule has 1 atom stereocenters. The topological polar surface area (TPSA) is 96.3 Å². The first-order valence-electron chi connectivity index (χ1n) is 10.2. The molecule has 164 valence electrons. The van der Waals surface area contributed by atoms with Gasteiger partial charge in [0.15, 0.2) is 22.9 Å². The highest BCUT2D eigenvalue weighted by Gasteiger charge is 2.50. The van der Waals surface area contributed by atoms with Gasteiger partial charge in [0.1, 0.15) is 12.4 Å². The summed E-state index contributed by atoms with van der Waals surface area (Å²) in [5.74, 6) is -0.209. The highest BCUT2D eigenvalue weighted by molar-refractivity contribution is 6.11. The molecule has 0 radical (unpaired) electrons. The Bertz CT molecular complexity index is 1160. The van der Waals surface area contributed by atoms with Gasteiger partial charge in [-0.15, -0.1) is 0 Å². The summed E-state index contributed by atoms with van der Waals surface area (Å²) in [7, 11) is 1.55. The molecule has 3 aromatic rings. The predicted molar refractivity (Wildman–Crippen MR) is 118 cm³/mol. The normalized spacial score (nSPS) is 17.2. The maximum atomic E-state index is 13.3. The standard InChI is InChI=1S/C25H23NO6/c1-31-22-12-6-7-13-23(22)32-15-14-26-19-10-4-3-9-18(19)25(30,24(26)29)16-21(28)17-8-2-5-11-20(17)27/h2-13,27,30H,14-16H2,1H3. The van der Waals surface area contributed by atoms with Crippen LogP contribution in [0, 0.1) is 0 Å². The Labute approximate surface area is 185 Å². The van der Waals surface area contributed by atoms with Crippen LogP contribution < -0.4 is 14.4 Å². The molecule has 4 rings (SSSR count). The molecule has 3 aromatic carbocycles. The van der Waals surface area contributed by atoms with Crippen molar-refractivity contribution in [3.63, 3.8) is 0 Å². The molecule has 32 heavy (non-hydrogen) atoms. The zero-order valence-electron chi connectivity index (χ0n) is 17.5. The van der Waals surface area contributed by atoms with Gasteiger partial charge in [-0.2, -0.15) is 0 Å². The van der Waals surface area contributed by atoms with Gasteiger partial charge in [-0.3, -0.25) is 9.59 Å². The minimum Gasteiger partial charge on any atom is -0.507 e. The van der Waals surface area contributed by atoms with E-state index in [-0.39, 0.29) is 24.5 Å². The number of hydrogen-bond acceptors (Lipinski definition) is 6. The van der Waals surface area contributed by atoms with E-state index in [0.717, 1.165) is 0 Å². The van der Waals surface area contributed by atoms with Gasteiger partial charge in [0.2, 0.25) is 0 Å². The van der Waals surface area contributed by atoms with E-state index in [1.54, 1.807) is 55.6 Å². The highest BCUT2D eigenvalue weighted by atomic mass is 16.5. The molecule has 1 heterocycles. The Balaban J connectivity index is 1.55. The van der Waals surface area contributed by atoms with Crippen LogP contribution in [0.15, 0.2) is 72.8 Å². The molecule has 0 aliphatic carbocycles. The van der Waals surface area contributed by atoms with E-state index in [2.05, 4.69) is 0 Å². The minimum absolute atomic E-state index is 0.0594. The number of amides is 1. The predicted octanol–water partition coefficient (Wildman–Crippen LogP) is 3.29. The van der Waals surface area contributed by atoms with Crippen molar-refractivity contribution < 1.29 is 29.3 Å². The summed E-state index contributed by atoms with van der Waals surface area (Å²) in [4.78, 5) is 27.5. The number of aliphatic hydroxyl groups is 1. The first-order valence-corrected chi connectivity index (χ1v) is 10.2. The molecule has 2 N–H and O–H groups in total. The zero-order chi connectivity index (χ0) is 22.7. The summed E-state index contributed by atoms with van der Waals surface area (Å²) >= 11 is 0. The molecule has 0 saturated carbocycles. The van der Waals surface area contributed by atoms with Crippen molar-refractivity contribution >= 4 is 17.4 Å². The van der Waals surface area contributed by atoms with Gasteiger partial charge in [-0.25, -0.2) is 0 Å².